The molecule has 1 atom stereocenters. The molecule has 1 saturated heterocycles. The van der Waals surface area contributed by atoms with E-state index in [1.54, 1.807) is 6.92 Å². The highest BCUT2D eigenvalue weighted by molar-refractivity contribution is 5.81. The molecule has 1 aliphatic rings. The fourth-order valence-electron chi connectivity index (χ4n) is 2.24. The third-order valence-corrected chi connectivity index (χ3v) is 3.74. The van der Waals surface area contributed by atoms with Crippen LogP contribution in [0.5, 0.6) is 0 Å². The van der Waals surface area contributed by atoms with Crippen LogP contribution in [0.25, 0.3) is 0 Å². The van der Waals surface area contributed by atoms with E-state index in [0.29, 0.717) is 6.04 Å². The van der Waals surface area contributed by atoms with E-state index in [1.165, 1.54) is 0 Å². The Labute approximate surface area is 105 Å². The second kappa shape index (κ2) is 6.36. The normalized spacial score (nSPS) is 20.1. The van der Waals surface area contributed by atoms with Crippen molar-refractivity contribution in [1.82, 2.24) is 9.80 Å². The first-order valence-electron chi connectivity index (χ1n) is 6.66. The van der Waals surface area contributed by atoms with E-state index >= 15 is 0 Å². The Morgan fingerprint density at radius 1 is 1.35 bits per heavy atom. The van der Waals surface area contributed by atoms with Crippen molar-refractivity contribution in [2.24, 2.45) is 11.7 Å². The van der Waals surface area contributed by atoms with Crippen LogP contribution in [0.1, 0.15) is 33.6 Å². The van der Waals surface area contributed by atoms with Crippen LogP contribution >= 0.6 is 0 Å². The molecule has 0 radical (unpaired) electrons. The molecule has 0 aromatic rings. The van der Waals surface area contributed by atoms with Gasteiger partial charge >= 0.3 is 0 Å². The van der Waals surface area contributed by atoms with Crippen molar-refractivity contribution >= 4 is 5.91 Å². The second-order valence-electron chi connectivity index (χ2n) is 5.59. The molecular formula is C13H27N3O. The summed E-state index contributed by atoms with van der Waals surface area (Å²) in [6.07, 6.45) is 2.21. The van der Waals surface area contributed by atoms with Gasteiger partial charge in [-0.3, -0.25) is 4.79 Å². The van der Waals surface area contributed by atoms with Gasteiger partial charge in [0, 0.05) is 25.7 Å². The molecule has 4 nitrogen and oxygen atoms in total. The molecular weight excluding hydrogens is 214 g/mol. The van der Waals surface area contributed by atoms with Crippen molar-refractivity contribution in [1.29, 1.82) is 0 Å². The molecule has 1 aliphatic heterocycles. The molecule has 0 saturated carbocycles. The van der Waals surface area contributed by atoms with Gasteiger partial charge in [-0.2, -0.15) is 0 Å². The summed E-state index contributed by atoms with van der Waals surface area (Å²) in [6.45, 7) is 9.08. The molecule has 0 bridgehead atoms. The quantitative estimate of drug-likeness (QED) is 0.796. The Hall–Kier alpha value is -0.610. The van der Waals surface area contributed by atoms with Crippen LogP contribution < -0.4 is 5.73 Å². The first kappa shape index (κ1) is 14.5. The van der Waals surface area contributed by atoms with Gasteiger partial charge in [0.05, 0.1) is 6.04 Å². The number of amides is 1. The summed E-state index contributed by atoms with van der Waals surface area (Å²) in [6, 6.07) is 0.239. The van der Waals surface area contributed by atoms with E-state index in [-0.39, 0.29) is 11.9 Å². The van der Waals surface area contributed by atoms with Crippen molar-refractivity contribution in [3.8, 4) is 0 Å². The summed E-state index contributed by atoms with van der Waals surface area (Å²) in [4.78, 5) is 16.0. The fourth-order valence-corrected chi connectivity index (χ4v) is 2.24. The Morgan fingerprint density at radius 3 is 2.29 bits per heavy atom. The monoisotopic (exact) mass is 241 g/mol. The van der Waals surface area contributed by atoms with Gasteiger partial charge in [0.25, 0.3) is 0 Å². The molecule has 1 heterocycles. The summed E-state index contributed by atoms with van der Waals surface area (Å²) in [7, 11) is 2.17. The van der Waals surface area contributed by atoms with Gasteiger partial charge in [-0.25, -0.2) is 0 Å². The molecule has 0 aromatic carbocycles. The molecule has 2 N–H and O–H groups in total. The number of hydrogen-bond donors (Lipinski definition) is 1. The molecule has 0 aliphatic carbocycles. The topological polar surface area (TPSA) is 49.6 Å². The van der Waals surface area contributed by atoms with Crippen LogP contribution in [0.3, 0.4) is 0 Å². The number of nitrogens with two attached hydrogens (primary N) is 1. The minimum Gasteiger partial charge on any atom is -0.341 e. The second-order valence-corrected chi connectivity index (χ2v) is 5.59. The minimum absolute atomic E-state index is 0.0978. The van der Waals surface area contributed by atoms with Gasteiger partial charge in [0.1, 0.15) is 0 Å². The zero-order chi connectivity index (χ0) is 13.0. The number of piperidine rings is 1. The molecule has 0 unspecified atom stereocenters. The van der Waals surface area contributed by atoms with Crippen LogP contribution in [0, 0.1) is 5.92 Å². The van der Waals surface area contributed by atoms with Crippen LogP contribution in [-0.2, 0) is 4.79 Å². The lowest BCUT2D eigenvalue weighted by molar-refractivity contribution is -0.133. The first-order valence-corrected chi connectivity index (χ1v) is 6.66. The average molecular weight is 241 g/mol. The Kier molecular flexibility index (Phi) is 5.40. The van der Waals surface area contributed by atoms with Gasteiger partial charge < -0.3 is 15.5 Å². The number of rotatable bonds is 4. The Morgan fingerprint density at radius 2 is 1.88 bits per heavy atom. The maximum atomic E-state index is 11.7. The SMILES string of the molecule is CC(C)N(C)CC1CCN(C(=O)[C@H](C)N)CC1. The highest BCUT2D eigenvalue weighted by Crippen LogP contribution is 2.19. The maximum Gasteiger partial charge on any atom is 0.239 e. The van der Waals surface area contributed by atoms with Gasteiger partial charge in [0.15, 0.2) is 0 Å². The molecule has 1 rings (SSSR count). The van der Waals surface area contributed by atoms with Gasteiger partial charge in [-0.05, 0) is 46.6 Å². The third-order valence-electron chi connectivity index (χ3n) is 3.74. The minimum atomic E-state index is -0.357. The van der Waals surface area contributed by atoms with Crippen molar-refractivity contribution in [2.75, 3.05) is 26.7 Å². The molecule has 4 heteroatoms. The van der Waals surface area contributed by atoms with Gasteiger partial charge in [0.2, 0.25) is 5.91 Å². The molecule has 100 valence electrons. The van der Waals surface area contributed by atoms with Crippen molar-refractivity contribution in [2.45, 2.75) is 45.7 Å². The van der Waals surface area contributed by atoms with Crippen molar-refractivity contribution in [3.05, 3.63) is 0 Å². The lowest BCUT2D eigenvalue weighted by Gasteiger charge is -2.35. The molecule has 17 heavy (non-hydrogen) atoms. The zero-order valence-electron chi connectivity index (χ0n) is 11.6. The lowest BCUT2D eigenvalue weighted by Crippen LogP contribution is -2.47. The largest absolute Gasteiger partial charge is 0.341 e. The summed E-state index contributed by atoms with van der Waals surface area (Å²) >= 11 is 0. The van der Waals surface area contributed by atoms with E-state index in [2.05, 4.69) is 25.8 Å². The van der Waals surface area contributed by atoms with Crippen LogP contribution in [0.4, 0.5) is 0 Å². The van der Waals surface area contributed by atoms with E-state index in [1.807, 2.05) is 4.90 Å². The van der Waals surface area contributed by atoms with Crippen molar-refractivity contribution < 1.29 is 4.79 Å². The third kappa shape index (κ3) is 4.28. The van der Waals surface area contributed by atoms with Crippen LogP contribution in [-0.4, -0.2) is 54.5 Å². The standard InChI is InChI=1S/C13H27N3O/c1-10(2)15(4)9-12-5-7-16(8-6-12)13(17)11(3)14/h10-12H,5-9,14H2,1-4H3/t11-/m0/s1. The number of nitrogens with zero attached hydrogens (tertiary/aromatic N) is 2. The average Bonchev–Trinajstić information content (AvgIpc) is 2.28. The first-order chi connectivity index (χ1) is 7.91. The summed E-state index contributed by atoms with van der Waals surface area (Å²) in [5, 5.41) is 0. The van der Waals surface area contributed by atoms with Crippen LogP contribution in [0.15, 0.2) is 0 Å². The Bertz CT molecular complexity index is 245. The molecule has 0 aromatic heterocycles. The van der Waals surface area contributed by atoms with Crippen LogP contribution in [0.2, 0.25) is 0 Å². The number of carbonyl (C=O) groups is 1. The van der Waals surface area contributed by atoms with Gasteiger partial charge in [-0.15, -0.1) is 0 Å². The smallest absolute Gasteiger partial charge is 0.239 e. The number of hydrogen-bond acceptors (Lipinski definition) is 3. The predicted molar refractivity (Wildman–Crippen MR) is 70.7 cm³/mol. The van der Waals surface area contributed by atoms with E-state index in [0.717, 1.165) is 38.4 Å². The number of likely N-dealkylation sites (tertiary alicyclic amines) is 1. The highest BCUT2D eigenvalue weighted by Gasteiger charge is 2.25. The Balaban J connectivity index is 2.33. The summed E-state index contributed by atoms with van der Waals surface area (Å²) in [5.41, 5.74) is 5.62. The zero-order valence-corrected chi connectivity index (χ0v) is 11.6. The molecule has 1 amide bonds. The lowest BCUT2D eigenvalue weighted by atomic mass is 9.95. The van der Waals surface area contributed by atoms with Gasteiger partial charge in [-0.1, -0.05) is 0 Å². The highest BCUT2D eigenvalue weighted by atomic mass is 16.2. The molecule has 1 fully saturated rings. The van der Waals surface area contributed by atoms with E-state index < -0.39 is 0 Å². The van der Waals surface area contributed by atoms with Crippen molar-refractivity contribution in [3.63, 3.8) is 0 Å². The summed E-state index contributed by atoms with van der Waals surface area (Å²) < 4.78 is 0. The molecule has 0 spiro atoms. The summed E-state index contributed by atoms with van der Waals surface area (Å²) in [5.74, 6) is 0.820. The van der Waals surface area contributed by atoms with E-state index in [9.17, 15) is 4.79 Å². The predicted octanol–water partition coefficient (Wildman–Crippen LogP) is 0.912. The number of carbonyl (C=O) groups excluding carboxylic acids is 1. The van der Waals surface area contributed by atoms with E-state index in [4.69, 9.17) is 5.73 Å². The fraction of sp³-hybridized carbons (Fsp3) is 0.923. The maximum absolute atomic E-state index is 11.7.